The highest BCUT2D eigenvalue weighted by Crippen LogP contribution is 2.33. The molecule has 0 heterocycles. The normalized spacial score (nSPS) is 12.4. The van der Waals surface area contributed by atoms with Gasteiger partial charge in [-0.05, 0) is 62.4 Å². The number of aliphatic imine (C=N–C) groups is 1. The summed E-state index contributed by atoms with van der Waals surface area (Å²) in [6, 6.07) is 10.1. The van der Waals surface area contributed by atoms with Crippen LogP contribution in [0.25, 0.3) is 11.1 Å². The Morgan fingerprint density at radius 1 is 1.16 bits per heavy atom. The van der Waals surface area contributed by atoms with Crippen molar-refractivity contribution < 1.29 is 9.13 Å². The van der Waals surface area contributed by atoms with Gasteiger partial charge in [-0.1, -0.05) is 6.07 Å². The van der Waals surface area contributed by atoms with Crippen LogP contribution in [0.4, 0.5) is 10.1 Å². The zero-order valence-corrected chi connectivity index (χ0v) is 18.9. The molecule has 0 saturated carbocycles. The van der Waals surface area contributed by atoms with E-state index in [0.717, 1.165) is 28.1 Å². The number of likely N-dealkylation sites (N-methyl/N-ethyl adjacent to an activating group) is 1. The average molecular weight is 426 g/mol. The molecule has 0 aliphatic carbocycles. The van der Waals surface area contributed by atoms with Crippen molar-refractivity contribution in [3.05, 3.63) is 59.0 Å². The van der Waals surface area contributed by atoms with E-state index in [1.807, 2.05) is 39.1 Å². The van der Waals surface area contributed by atoms with E-state index in [1.165, 1.54) is 12.1 Å². The molecule has 6 nitrogen and oxygen atoms in total. The van der Waals surface area contributed by atoms with Gasteiger partial charge in [0.05, 0.1) is 12.3 Å². The summed E-state index contributed by atoms with van der Waals surface area (Å²) in [6.45, 7) is 4.57. The number of ether oxygens (including phenoxy) is 1. The number of anilines is 1. The number of allylic oxidation sites excluding steroid dienone is 1. The zero-order valence-electron chi connectivity index (χ0n) is 18.9. The van der Waals surface area contributed by atoms with Crippen LogP contribution in [0.3, 0.4) is 0 Å². The highest BCUT2D eigenvalue weighted by Gasteiger charge is 2.14. The topological polar surface area (TPSA) is 95.5 Å². The molecular weight excluding hydrogens is 393 g/mol. The van der Waals surface area contributed by atoms with Gasteiger partial charge in [-0.3, -0.25) is 4.99 Å². The standard InChI is InChI=1S/C24H32FN5O/c1-15(26)19(16(2)29-4)10-11-31-24-9-7-18(25)13-20(24)17-6-8-23(30-5)21(12-17)22(27)14-28-3/h6-9,12-13,27-28,30H,10-11,14,26H2,1-5H3. The maximum Gasteiger partial charge on any atom is 0.127 e. The van der Waals surface area contributed by atoms with E-state index in [-0.39, 0.29) is 5.82 Å². The van der Waals surface area contributed by atoms with Gasteiger partial charge in [-0.25, -0.2) is 4.39 Å². The second-order valence-electron chi connectivity index (χ2n) is 7.23. The molecule has 0 aliphatic heterocycles. The molecule has 2 aromatic carbocycles. The van der Waals surface area contributed by atoms with Crippen molar-refractivity contribution in [3.8, 4) is 16.9 Å². The lowest BCUT2D eigenvalue weighted by atomic mass is 9.98. The second kappa shape index (κ2) is 11.3. The number of halogens is 1. The number of nitrogens with two attached hydrogens (primary N) is 1. The molecule has 2 aromatic rings. The van der Waals surface area contributed by atoms with Gasteiger partial charge >= 0.3 is 0 Å². The largest absolute Gasteiger partial charge is 0.493 e. The first-order chi connectivity index (χ1) is 14.8. The van der Waals surface area contributed by atoms with Crippen molar-refractivity contribution in [3.63, 3.8) is 0 Å². The summed E-state index contributed by atoms with van der Waals surface area (Å²) >= 11 is 0. The van der Waals surface area contributed by atoms with Gasteiger partial charge in [-0.15, -0.1) is 0 Å². The zero-order chi connectivity index (χ0) is 23.0. The summed E-state index contributed by atoms with van der Waals surface area (Å²) in [4.78, 5) is 4.21. The Balaban J connectivity index is 2.37. The van der Waals surface area contributed by atoms with Gasteiger partial charge < -0.3 is 26.5 Å². The van der Waals surface area contributed by atoms with E-state index in [9.17, 15) is 4.39 Å². The van der Waals surface area contributed by atoms with Gasteiger partial charge in [0.2, 0.25) is 0 Å². The summed E-state index contributed by atoms with van der Waals surface area (Å²) in [5.41, 5.74) is 12.0. The van der Waals surface area contributed by atoms with Crippen LogP contribution < -0.4 is 21.1 Å². The first-order valence-corrected chi connectivity index (χ1v) is 10.2. The van der Waals surface area contributed by atoms with Gasteiger partial charge in [0.15, 0.2) is 0 Å². The van der Waals surface area contributed by atoms with E-state index in [2.05, 4.69) is 15.6 Å². The Labute approximate surface area is 183 Å². The molecule has 0 spiro atoms. The van der Waals surface area contributed by atoms with Crippen LogP contribution in [-0.2, 0) is 0 Å². The van der Waals surface area contributed by atoms with Crippen molar-refractivity contribution in [2.75, 3.05) is 39.6 Å². The minimum Gasteiger partial charge on any atom is -0.493 e. The van der Waals surface area contributed by atoms with E-state index in [1.54, 1.807) is 20.2 Å². The van der Waals surface area contributed by atoms with Gasteiger partial charge in [-0.2, -0.15) is 0 Å². The Hall–Kier alpha value is -3.19. The maximum absolute atomic E-state index is 14.1. The fourth-order valence-corrected chi connectivity index (χ4v) is 3.37. The number of hydrogen-bond acceptors (Lipinski definition) is 6. The fourth-order valence-electron chi connectivity index (χ4n) is 3.37. The van der Waals surface area contributed by atoms with Crippen LogP contribution in [0.2, 0.25) is 0 Å². The minimum absolute atomic E-state index is 0.348. The Morgan fingerprint density at radius 3 is 2.52 bits per heavy atom. The van der Waals surface area contributed by atoms with E-state index in [4.69, 9.17) is 15.9 Å². The molecule has 0 saturated heterocycles. The van der Waals surface area contributed by atoms with Crippen molar-refractivity contribution in [1.29, 1.82) is 5.41 Å². The number of benzene rings is 2. The predicted molar refractivity (Wildman–Crippen MR) is 128 cm³/mol. The van der Waals surface area contributed by atoms with Crippen LogP contribution in [0, 0.1) is 11.2 Å². The van der Waals surface area contributed by atoms with Crippen molar-refractivity contribution >= 4 is 17.1 Å². The van der Waals surface area contributed by atoms with Gasteiger partial charge in [0.25, 0.3) is 0 Å². The number of nitrogens with one attached hydrogen (secondary N) is 3. The molecule has 0 radical (unpaired) electrons. The summed E-state index contributed by atoms with van der Waals surface area (Å²) in [5.74, 6) is 0.226. The monoisotopic (exact) mass is 425 g/mol. The third-order valence-electron chi connectivity index (χ3n) is 5.08. The lowest BCUT2D eigenvalue weighted by Crippen LogP contribution is -2.19. The molecule has 0 bridgehead atoms. The highest BCUT2D eigenvalue weighted by molar-refractivity contribution is 6.05. The van der Waals surface area contributed by atoms with E-state index < -0.39 is 0 Å². The quantitative estimate of drug-likeness (QED) is 0.429. The maximum atomic E-state index is 14.1. The molecule has 7 heteroatoms. The minimum atomic E-state index is -0.348. The summed E-state index contributed by atoms with van der Waals surface area (Å²) in [6.07, 6.45) is 0.596. The lowest BCUT2D eigenvalue weighted by Gasteiger charge is -2.16. The van der Waals surface area contributed by atoms with Crippen molar-refractivity contribution in [1.82, 2.24) is 5.32 Å². The molecule has 0 amide bonds. The molecule has 0 unspecified atom stereocenters. The first kappa shape index (κ1) is 24.1. The molecular formula is C24H32FN5O. The molecule has 0 atom stereocenters. The first-order valence-electron chi connectivity index (χ1n) is 10.2. The molecule has 2 rings (SSSR count). The van der Waals surface area contributed by atoms with Crippen LogP contribution in [0.5, 0.6) is 5.75 Å². The molecule has 0 fully saturated rings. The average Bonchev–Trinajstić information content (AvgIpc) is 2.76. The highest BCUT2D eigenvalue weighted by atomic mass is 19.1. The molecule has 31 heavy (non-hydrogen) atoms. The summed E-state index contributed by atoms with van der Waals surface area (Å²) in [5, 5.41) is 14.5. The molecule has 0 aliphatic rings. The van der Waals surface area contributed by atoms with E-state index >= 15 is 0 Å². The lowest BCUT2D eigenvalue weighted by molar-refractivity contribution is 0.323. The van der Waals surface area contributed by atoms with Gasteiger partial charge in [0.1, 0.15) is 11.6 Å². The van der Waals surface area contributed by atoms with Gasteiger partial charge in [0, 0.05) is 55.3 Å². The summed E-state index contributed by atoms with van der Waals surface area (Å²) in [7, 11) is 5.34. The van der Waals surface area contributed by atoms with Crippen molar-refractivity contribution in [2.45, 2.75) is 20.3 Å². The molecule has 5 N–H and O–H groups in total. The van der Waals surface area contributed by atoms with Crippen LogP contribution >= 0.6 is 0 Å². The second-order valence-corrected chi connectivity index (χ2v) is 7.23. The third kappa shape index (κ3) is 6.15. The Morgan fingerprint density at radius 2 is 1.90 bits per heavy atom. The summed E-state index contributed by atoms with van der Waals surface area (Å²) < 4.78 is 20.1. The number of rotatable bonds is 10. The molecule has 166 valence electrons. The third-order valence-corrected chi connectivity index (χ3v) is 5.08. The van der Waals surface area contributed by atoms with Crippen LogP contribution in [0.1, 0.15) is 25.8 Å². The smallest absolute Gasteiger partial charge is 0.127 e. The van der Waals surface area contributed by atoms with E-state index in [0.29, 0.717) is 42.3 Å². The Bertz CT molecular complexity index is 993. The SMILES string of the molecule is CN=C(C)C(CCOc1ccc(F)cc1-c1ccc(NC)c(C(=N)CNC)c1)=C(C)N. The fraction of sp³-hybridized carbons (Fsp3) is 0.333. The van der Waals surface area contributed by atoms with Crippen LogP contribution in [0.15, 0.2) is 52.7 Å². The Kier molecular flexibility index (Phi) is 8.75. The number of nitrogens with zero attached hydrogens (tertiary/aromatic N) is 1. The van der Waals surface area contributed by atoms with Crippen LogP contribution in [-0.4, -0.2) is 45.7 Å². The van der Waals surface area contributed by atoms with Crippen molar-refractivity contribution in [2.24, 2.45) is 10.7 Å². The molecule has 0 aromatic heterocycles. The number of hydrogen-bond donors (Lipinski definition) is 4. The predicted octanol–water partition coefficient (Wildman–Crippen LogP) is 4.21.